The van der Waals surface area contributed by atoms with E-state index in [1.807, 2.05) is 0 Å². The first kappa shape index (κ1) is 17.2. The standard InChI is InChI=1S/C16H24N4O3S/c1-16(6-8-17-9-7-16)11-18-24(22,23)12-4-5-13-14(10-12)20(3)15(21)19(13)2/h4-5,10,17-18H,6-9,11H2,1-3H3. The Morgan fingerprint density at radius 1 is 1.17 bits per heavy atom. The minimum atomic E-state index is -3.60. The second-order valence-corrected chi connectivity index (χ2v) is 8.70. The summed E-state index contributed by atoms with van der Waals surface area (Å²) in [6.45, 7) is 4.36. The first-order valence-electron chi connectivity index (χ1n) is 8.09. The number of hydrogen-bond donors (Lipinski definition) is 2. The van der Waals surface area contributed by atoms with Gasteiger partial charge in [-0.25, -0.2) is 17.9 Å². The van der Waals surface area contributed by atoms with E-state index in [0.717, 1.165) is 25.9 Å². The van der Waals surface area contributed by atoms with Crippen molar-refractivity contribution in [3.05, 3.63) is 28.7 Å². The Labute approximate surface area is 141 Å². The number of sulfonamides is 1. The summed E-state index contributed by atoms with van der Waals surface area (Å²) in [4.78, 5) is 12.2. The van der Waals surface area contributed by atoms with Crippen LogP contribution >= 0.6 is 0 Å². The van der Waals surface area contributed by atoms with Gasteiger partial charge in [0.15, 0.2) is 0 Å². The van der Waals surface area contributed by atoms with E-state index in [2.05, 4.69) is 17.0 Å². The second-order valence-electron chi connectivity index (χ2n) is 6.94. The number of aryl methyl sites for hydroxylation is 2. The van der Waals surface area contributed by atoms with E-state index in [1.165, 1.54) is 9.13 Å². The Bertz CT molecular complexity index is 921. The molecule has 0 atom stereocenters. The minimum Gasteiger partial charge on any atom is -0.317 e. The van der Waals surface area contributed by atoms with Gasteiger partial charge in [-0.1, -0.05) is 6.92 Å². The molecule has 2 heterocycles. The van der Waals surface area contributed by atoms with E-state index in [-0.39, 0.29) is 16.0 Å². The summed E-state index contributed by atoms with van der Waals surface area (Å²) in [6.07, 6.45) is 1.89. The average molecular weight is 352 g/mol. The minimum absolute atomic E-state index is 0.0258. The molecule has 1 aliphatic heterocycles. The maximum Gasteiger partial charge on any atom is 0.328 e. The molecule has 24 heavy (non-hydrogen) atoms. The molecule has 8 heteroatoms. The molecule has 0 unspecified atom stereocenters. The highest BCUT2D eigenvalue weighted by molar-refractivity contribution is 7.89. The van der Waals surface area contributed by atoms with Gasteiger partial charge in [0.2, 0.25) is 10.0 Å². The smallest absolute Gasteiger partial charge is 0.317 e. The Morgan fingerprint density at radius 2 is 1.79 bits per heavy atom. The molecule has 0 spiro atoms. The van der Waals surface area contributed by atoms with Crippen molar-refractivity contribution in [2.45, 2.75) is 24.7 Å². The molecular formula is C16H24N4O3S. The first-order chi connectivity index (χ1) is 11.2. The van der Waals surface area contributed by atoms with Crippen LogP contribution in [0.4, 0.5) is 0 Å². The number of fused-ring (bicyclic) bond motifs is 1. The highest BCUT2D eigenvalue weighted by Crippen LogP contribution is 2.27. The third-order valence-corrected chi connectivity index (χ3v) is 6.45. The quantitative estimate of drug-likeness (QED) is 0.841. The Morgan fingerprint density at radius 3 is 2.46 bits per heavy atom. The van der Waals surface area contributed by atoms with E-state index in [4.69, 9.17) is 0 Å². The number of piperidine rings is 1. The molecule has 1 aliphatic rings. The van der Waals surface area contributed by atoms with Crippen molar-refractivity contribution in [2.24, 2.45) is 19.5 Å². The lowest BCUT2D eigenvalue weighted by Crippen LogP contribution is -2.42. The zero-order valence-corrected chi connectivity index (χ0v) is 15.1. The fraction of sp³-hybridized carbons (Fsp3) is 0.562. The fourth-order valence-electron chi connectivity index (χ4n) is 3.21. The van der Waals surface area contributed by atoms with Crippen molar-refractivity contribution in [3.63, 3.8) is 0 Å². The molecule has 0 bridgehead atoms. The molecule has 0 radical (unpaired) electrons. The van der Waals surface area contributed by atoms with E-state index in [0.29, 0.717) is 17.6 Å². The van der Waals surface area contributed by atoms with Crippen LogP contribution in [0, 0.1) is 5.41 Å². The zero-order valence-electron chi connectivity index (χ0n) is 14.3. The summed E-state index contributed by atoms with van der Waals surface area (Å²) in [5.74, 6) is 0. The van der Waals surface area contributed by atoms with E-state index >= 15 is 0 Å². The molecule has 0 saturated carbocycles. The molecule has 7 nitrogen and oxygen atoms in total. The largest absolute Gasteiger partial charge is 0.328 e. The van der Waals surface area contributed by atoms with Crippen LogP contribution in [0.5, 0.6) is 0 Å². The fourth-order valence-corrected chi connectivity index (χ4v) is 4.43. The number of hydrogen-bond acceptors (Lipinski definition) is 4. The number of benzene rings is 1. The number of nitrogens with one attached hydrogen (secondary N) is 2. The molecule has 2 aromatic rings. The molecule has 2 N–H and O–H groups in total. The number of imidazole rings is 1. The van der Waals surface area contributed by atoms with Gasteiger partial charge in [0.05, 0.1) is 15.9 Å². The molecule has 3 rings (SSSR count). The van der Waals surface area contributed by atoms with Gasteiger partial charge in [-0.05, 0) is 49.5 Å². The summed E-state index contributed by atoms with van der Waals surface area (Å²) in [5, 5.41) is 3.29. The highest BCUT2D eigenvalue weighted by atomic mass is 32.2. The number of aromatic nitrogens is 2. The van der Waals surface area contributed by atoms with Crippen molar-refractivity contribution in [1.29, 1.82) is 0 Å². The lowest BCUT2D eigenvalue weighted by atomic mass is 9.81. The molecule has 0 amide bonds. The van der Waals surface area contributed by atoms with Gasteiger partial charge in [0.1, 0.15) is 0 Å². The van der Waals surface area contributed by atoms with Gasteiger partial charge in [-0.2, -0.15) is 0 Å². The van der Waals surface area contributed by atoms with Gasteiger partial charge >= 0.3 is 5.69 Å². The predicted molar refractivity (Wildman–Crippen MR) is 93.6 cm³/mol. The SMILES string of the molecule is Cn1c(=O)n(C)c2cc(S(=O)(=O)NCC3(C)CCNCC3)ccc21. The lowest BCUT2D eigenvalue weighted by molar-refractivity contribution is 0.232. The topological polar surface area (TPSA) is 85.1 Å². The van der Waals surface area contributed by atoms with Crippen molar-refractivity contribution in [2.75, 3.05) is 19.6 Å². The average Bonchev–Trinajstić information content (AvgIpc) is 2.78. The molecule has 132 valence electrons. The second kappa shape index (κ2) is 6.02. The van der Waals surface area contributed by atoms with Gasteiger partial charge in [0, 0.05) is 20.6 Å². The van der Waals surface area contributed by atoms with E-state index in [1.54, 1.807) is 32.3 Å². The van der Waals surface area contributed by atoms with Crippen LogP contribution in [0.2, 0.25) is 0 Å². The number of rotatable bonds is 4. The van der Waals surface area contributed by atoms with Crippen LogP contribution in [0.1, 0.15) is 19.8 Å². The van der Waals surface area contributed by atoms with Crippen molar-refractivity contribution >= 4 is 21.1 Å². The summed E-state index contributed by atoms with van der Waals surface area (Å²) in [7, 11) is -0.286. The lowest BCUT2D eigenvalue weighted by Gasteiger charge is -2.34. The number of nitrogens with zero attached hydrogens (tertiary/aromatic N) is 2. The molecule has 1 fully saturated rings. The summed E-state index contributed by atoms with van der Waals surface area (Å²) < 4.78 is 31.0. The molecule has 1 aromatic heterocycles. The van der Waals surface area contributed by atoms with Gasteiger partial charge < -0.3 is 5.32 Å². The van der Waals surface area contributed by atoms with Crippen LogP contribution < -0.4 is 15.7 Å². The van der Waals surface area contributed by atoms with Crippen molar-refractivity contribution < 1.29 is 8.42 Å². The summed E-state index contributed by atoms with van der Waals surface area (Å²) >= 11 is 0. The Kier molecular flexibility index (Phi) is 4.31. The molecule has 1 saturated heterocycles. The van der Waals surface area contributed by atoms with E-state index in [9.17, 15) is 13.2 Å². The normalized spacial score (nSPS) is 18.1. The monoisotopic (exact) mass is 352 g/mol. The van der Waals surface area contributed by atoms with Crippen LogP contribution in [0.15, 0.2) is 27.9 Å². The highest BCUT2D eigenvalue weighted by Gasteiger charge is 2.29. The molecular weight excluding hydrogens is 328 g/mol. The van der Waals surface area contributed by atoms with Crippen LogP contribution in [0.3, 0.4) is 0 Å². The molecule has 0 aliphatic carbocycles. The third-order valence-electron chi connectivity index (χ3n) is 5.05. The maximum absolute atomic E-state index is 12.6. The first-order valence-corrected chi connectivity index (χ1v) is 9.58. The van der Waals surface area contributed by atoms with Crippen LogP contribution in [-0.4, -0.2) is 37.2 Å². The van der Waals surface area contributed by atoms with Crippen LogP contribution in [-0.2, 0) is 24.1 Å². The maximum atomic E-state index is 12.6. The molecule has 1 aromatic carbocycles. The van der Waals surface area contributed by atoms with Gasteiger partial charge in [-0.3, -0.25) is 9.13 Å². The van der Waals surface area contributed by atoms with Gasteiger partial charge in [-0.15, -0.1) is 0 Å². The Hall–Kier alpha value is -1.64. The zero-order chi connectivity index (χ0) is 17.5. The van der Waals surface area contributed by atoms with E-state index < -0.39 is 10.0 Å². The summed E-state index contributed by atoms with van der Waals surface area (Å²) in [6, 6.07) is 4.79. The van der Waals surface area contributed by atoms with Crippen molar-refractivity contribution in [1.82, 2.24) is 19.2 Å². The van der Waals surface area contributed by atoms with Crippen LogP contribution in [0.25, 0.3) is 11.0 Å². The van der Waals surface area contributed by atoms with Gasteiger partial charge in [0.25, 0.3) is 0 Å². The third kappa shape index (κ3) is 3.01. The Balaban J connectivity index is 1.88. The predicted octanol–water partition coefficient (Wildman–Crippen LogP) is 0.545. The van der Waals surface area contributed by atoms with Crippen molar-refractivity contribution in [3.8, 4) is 0 Å². The summed E-state index contributed by atoms with van der Waals surface area (Å²) in [5.41, 5.74) is 1.13.